The van der Waals surface area contributed by atoms with Crippen molar-refractivity contribution in [2.24, 2.45) is 0 Å². The molecule has 0 saturated carbocycles. The highest BCUT2D eigenvalue weighted by Crippen LogP contribution is 2.26. The second-order valence-electron chi connectivity index (χ2n) is 7.35. The van der Waals surface area contributed by atoms with E-state index < -0.39 is 0 Å². The van der Waals surface area contributed by atoms with Crippen LogP contribution in [-0.4, -0.2) is 46.1 Å². The molecule has 1 aliphatic heterocycles. The lowest BCUT2D eigenvalue weighted by atomic mass is 10.0. The van der Waals surface area contributed by atoms with Crippen molar-refractivity contribution in [2.75, 3.05) is 25.1 Å². The molecule has 0 aliphatic carbocycles. The van der Waals surface area contributed by atoms with E-state index in [1.165, 1.54) is 5.56 Å². The van der Waals surface area contributed by atoms with E-state index in [1.807, 2.05) is 43.1 Å². The molecule has 0 bridgehead atoms. The monoisotopic (exact) mass is 393 g/mol. The van der Waals surface area contributed by atoms with Gasteiger partial charge in [-0.15, -0.1) is 0 Å². The van der Waals surface area contributed by atoms with Gasteiger partial charge < -0.3 is 9.64 Å². The second kappa shape index (κ2) is 9.65. The first-order chi connectivity index (χ1) is 14.1. The fourth-order valence-electron chi connectivity index (χ4n) is 3.53. The largest absolute Gasteiger partial charge is 0.381 e. The minimum atomic E-state index is 0.346. The third-order valence-electron chi connectivity index (χ3n) is 5.29. The minimum Gasteiger partial charge on any atom is -0.381 e. The van der Waals surface area contributed by atoms with Gasteiger partial charge >= 0.3 is 0 Å². The van der Waals surface area contributed by atoms with Crippen LogP contribution in [0.15, 0.2) is 49.0 Å². The van der Waals surface area contributed by atoms with Crippen molar-refractivity contribution in [1.82, 2.24) is 19.7 Å². The molecule has 0 aromatic carbocycles. The topological polar surface area (TPSA) is 56.1 Å². The van der Waals surface area contributed by atoms with E-state index >= 15 is 0 Å². The summed E-state index contributed by atoms with van der Waals surface area (Å²) in [5.41, 5.74) is 5.04. The lowest BCUT2D eigenvalue weighted by molar-refractivity contribution is 0.0816. The van der Waals surface area contributed by atoms with E-state index in [1.54, 1.807) is 7.11 Å². The Labute approximate surface area is 173 Å². The summed E-state index contributed by atoms with van der Waals surface area (Å²) in [5.74, 6) is 0.766. The van der Waals surface area contributed by atoms with Gasteiger partial charge in [0.1, 0.15) is 5.69 Å². The van der Waals surface area contributed by atoms with Gasteiger partial charge in [0, 0.05) is 32.0 Å². The molecule has 0 unspecified atom stereocenters. The summed E-state index contributed by atoms with van der Waals surface area (Å²) in [6.45, 7) is 12.1. The zero-order chi connectivity index (χ0) is 20.8. The summed E-state index contributed by atoms with van der Waals surface area (Å²) in [6.07, 6.45) is 15.1. The molecule has 2 aromatic rings. The summed E-state index contributed by atoms with van der Waals surface area (Å²) >= 11 is 0. The van der Waals surface area contributed by atoms with Gasteiger partial charge in [-0.05, 0) is 44.2 Å². The standard InChI is InChI=1S/C23H31N5O/c1-6-8-9-21(17(3)4)22-18(7-2)16-28(26-22)19-14-24-23(25-15-19)27-12-10-20(29-5)11-13-27/h6,8-9,14-16,20H,3,7,10-13H2,1-2,4-5H3/b8-6-,21-9+. The molecule has 154 valence electrons. The Bertz CT molecular complexity index is 886. The molecule has 0 spiro atoms. The average molecular weight is 394 g/mol. The number of allylic oxidation sites excluding steroid dienone is 5. The van der Waals surface area contributed by atoms with Crippen LogP contribution in [0.3, 0.4) is 0 Å². The molecular formula is C23H31N5O. The smallest absolute Gasteiger partial charge is 0.225 e. The Hall–Kier alpha value is -2.73. The number of piperidine rings is 1. The second-order valence-corrected chi connectivity index (χ2v) is 7.35. The highest BCUT2D eigenvalue weighted by atomic mass is 16.5. The van der Waals surface area contributed by atoms with Gasteiger partial charge in [0.05, 0.1) is 24.2 Å². The van der Waals surface area contributed by atoms with Crippen LogP contribution in [0, 0.1) is 0 Å². The van der Waals surface area contributed by atoms with Crippen molar-refractivity contribution in [3.05, 3.63) is 60.2 Å². The maximum absolute atomic E-state index is 5.44. The average Bonchev–Trinajstić information content (AvgIpc) is 3.18. The Morgan fingerprint density at radius 3 is 2.52 bits per heavy atom. The lowest BCUT2D eigenvalue weighted by Gasteiger charge is -2.31. The van der Waals surface area contributed by atoms with Crippen LogP contribution >= 0.6 is 0 Å². The Morgan fingerprint density at radius 1 is 1.28 bits per heavy atom. The molecule has 0 amide bonds. The number of nitrogens with zero attached hydrogens (tertiary/aromatic N) is 5. The van der Waals surface area contributed by atoms with Crippen LogP contribution in [0.25, 0.3) is 11.3 Å². The van der Waals surface area contributed by atoms with Crippen molar-refractivity contribution in [2.45, 2.75) is 46.1 Å². The zero-order valence-electron chi connectivity index (χ0n) is 17.9. The van der Waals surface area contributed by atoms with Crippen LogP contribution in [0.4, 0.5) is 5.95 Å². The van der Waals surface area contributed by atoms with E-state index in [0.717, 1.165) is 60.8 Å². The number of methoxy groups -OCH3 is 1. The van der Waals surface area contributed by atoms with Crippen molar-refractivity contribution < 1.29 is 4.74 Å². The zero-order valence-corrected chi connectivity index (χ0v) is 17.9. The molecule has 1 aliphatic rings. The predicted molar refractivity (Wildman–Crippen MR) is 118 cm³/mol. The van der Waals surface area contributed by atoms with Crippen molar-refractivity contribution in [3.63, 3.8) is 0 Å². The summed E-state index contributed by atoms with van der Waals surface area (Å²) in [6, 6.07) is 0. The first-order valence-electron chi connectivity index (χ1n) is 10.2. The van der Waals surface area contributed by atoms with E-state index in [-0.39, 0.29) is 0 Å². The highest BCUT2D eigenvalue weighted by Gasteiger charge is 2.20. The van der Waals surface area contributed by atoms with Gasteiger partial charge in [0.15, 0.2) is 0 Å². The molecule has 0 atom stereocenters. The van der Waals surface area contributed by atoms with Gasteiger partial charge in [-0.2, -0.15) is 5.10 Å². The van der Waals surface area contributed by atoms with E-state index in [0.29, 0.717) is 6.10 Å². The highest BCUT2D eigenvalue weighted by molar-refractivity contribution is 5.78. The fourth-order valence-corrected chi connectivity index (χ4v) is 3.53. The van der Waals surface area contributed by atoms with Crippen LogP contribution in [-0.2, 0) is 11.2 Å². The van der Waals surface area contributed by atoms with Gasteiger partial charge in [-0.1, -0.05) is 31.7 Å². The van der Waals surface area contributed by atoms with Crippen molar-refractivity contribution in [3.8, 4) is 5.69 Å². The molecule has 3 rings (SSSR count). The van der Waals surface area contributed by atoms with Crippen LogP contribution in [0.2, 0.25) is 0 Å². The van der Waals surface area contributed by atoms with E-state index in [2.05, 4.69) is 40.6 Å². The number of aryl methyl sites for hydroxylation is 1. The lowest BCUT2D eigenvalue weighted by Crippen LogP contribution is -2.37. The summed E-state index contributed by atoms with van der Waals surface area (Å²) in [7, 11) is 1.78. The molecule has 29 heavy (non-hydrogen) atoms. The van der Waals surface area contributed by atoms with Gasteiger partial charge in [0.2, 0.25) is 5.95 Å². The molecule has 6 nitrogen and oxygen atoms in total. The van der Waals surface area contributed by atoms with Gasteiger partial charge in [0.25, 0.3) is 0 Å². The van der Waals surface area contributed by atoms with Crippen LogP contribution in [0.5, 0.6) is 0 Å². The summed E-state index contributed by atoms with van der Waals surface area (Å²) < 4.78 is 7.31. The quantitative estimate of drug-likeness (QED) is 0.654. The molecule has 3 heterocycles. The predicted octanol–water partition coefficient (Wildman–Crippen LogP) is 4.38. The van der Waals surface area contributed by atoms with E-state index in [9.17, 15) is 0 Å². The molecule has 0 radical (unpaired) electrons. The number of anilines is 1. The maximum atomic E-state index is 5.44. The van der Waals surface area contributed by atoms with Crippen molar-refractivity contribution in [1.29, 1.82) is 0 Å². The van der Waals surface area contributed by atoms with Gasteiger partial charge in [-0.3, -0.25) is 0 Å². The third kappa shape index (κ3) is 4.82. The van der Waals surface area contributed by atoms with Crippen molar-refractivity contribution >= 4 is 11.5 Å². The molecule has 2 aromatic heterocycles. The first kappa shape index (κ1) is 21.0. The molecule has 1 saturated heterocycles. The first-order valence-corrected chi connectivity index (χ1v) is 10.2. The van der Waals surface area contributed by atoms with Crippen LogP contribution < -0.4 is 4.90 Å². The number of hydrogen-bond donors (Lipinski definition) is 0. The summed E-state index contributed by atoms with van der Waals surface area (Å²) in [4.78, 5) is 11.4. The Morgan fingerprint density at radius 2 is 1.97 bits per heavy atom. The molecule has 1 fully saturated rings. The molecule has 0 N–H and O–H groups in total. The third-order valence-corrected chi connectivity index (χ3v) is 5.29. The number of ether oxygens (including phenoxy) is 1. The molecular weight excluding hydrogens is 362 g/mol. The minimum absolute atomic E-state index is 0.346. The van der Waals surface area contributed by atoms with Crippen LogP contribution in [0.1, 0.15) is 44.9 Å². The fraction of sp³-hybridized carbons (Fsp3) is 0.435. The Balaban J connectivity index is 1.84. The van der Waals surface area contributed by atoms with Gasteiger partial charge in [-0.25, -0.2) is 14.6 Å². The Kier molecular flexibility index (Phi) is 6.99. The summed E-state index contributed by atoms with van der Waals surface area (Å²) in [5, 5.41) is 4.83. The maximum Gasteiger partial charge on any atom is 0.225 e. The number of hydrogen-bond acceptors (Lipinski definition) is 5. The number of aromatic nitrogens is 4. The SMILES string of the molecule is C=C(C)/C(=C\C=C/C)c1nn(-c2cnc(N3CCC(OC)CC3)nc2)cc1CC. The number of rotatable bonds is 7. The normalized spacial score (nSPS) is 16.0. The van der Waals surface area contributed by atoms with E-state index in [4.69, 9.17) is 9.84 Å². The molecule has 6 heteroatoms.